The lowest BCUT2D eigenvalue weighted by atomic mass is 10.2. The second kappa shape index (κ2) is 7.25. The summed E-state index contributed by atoms with van der Waals surface area (Å²) < 4.78 is 36.4. The number of fused-ring (bicyclic) bond motifs is 1. The normalized spacial score (nSPS) is 16.4. The highest BCUT2D eigenvalue weighted by molar-refractivity contribution is 7.92. The molecule has 26 heavy (non-hydrogen) atoms. The molecule has 2 aromatic carbocycles. The Kier molecular flexibility index (Phi) is 5.03. The molecule has 0 unspecified atom stereocenters. The maximum absolute atomic E-state index is 12.6. The average molecular weight is 376 g/mol. The van der Waals surface area contributed by atoms with Crippen molar-refractivity contribution in [2.24, 2.45) is 0 Å². The summed E-state index contributed by atoms with van der Waals surface area (Å²) in [5.74, 6) is 0.640. The van der Waals surface area contributed by atoms with E-state index in [4.69, 9.17) is 9.47 Å². The summed E-state index contributed by atoms with van der Waals surface area (Å²) in [6.45, 7) is 0.177. The lowest BCUT2D eigenvalue weighted by Gasteiger charge is -2.33. The maximum atomic E-state index is 12.6. The number of ether oxygens (including phenoxy) is 2. The Labute approximate surface area is 152 Å². The second-order valence-corrected chi connectivity index (χ2v) is 7.80. The Morgan fingerprint density at radius 1 is 1.23 bits per heavy atom. The Morgan fingerprint density at radius 3 is 2.65 bits per heavy atom. The number of rotatable bonds is 5. The van der Waals surface area contributed by atoms with Crippen molar-refractivity contribution >= 4 is 21.6 Å². The molecule has 7 nitrogen and oxygen atoms in total. The molecule has 8 heteroatoms. The van der Waals surface area contributed by atoms with Crippen LogP contribution in [0.4, 0.5) is 5.69 Å². The van der Waals surface area contributed by atoms with Gasteiger partial charge in [0.05, 0.1) is 25.6 Å². The number of sulfonamides is 1. The standard InChI is InChI=1S/C18H20N2O5S/c1-24-15-9-5-3-7-13(15)11-19-18(21)17-12-20(26(2,22)23)14-8-4-6-10-16(14)25-17/h3-10,17H,11-12H2,1-2H3,(H,19,21)/t17-/m1/s1. The van der Waals surface area contributed by atoms with E-state index >= 15 is 0 Å². The molecule has 0 aromatic heterocycles. The summed E-state index contributed by atoms with van der Waals surface area (Å²) in [6.07, 6.45) is 0.174. The molecule has 0 fully saturated rings. The zero-order valence-corrected chi connectivity index (χ0v) is 15.3. The third kappa shape index (κ3) is 3.75. The van der Waals surface area contributed by atoms with Gasteiger partial charge in [-0.25, -0.2) is 8.42 Å². The molecule has 138 valence electrons. The highest BCUT2D eigenvalue weighted by atomic mass is 32.2. The summed E-state index contributed by atoms with van der Waals surface area (Å²) in [4.78, 5) is 12.6. The van der Waals surface area contributed by atoms with Crippen molar-refractivity contribution in [2.75, 3.05) is 24.2 Å². The number of amides is 1. The van der Waals surface area contributed by atoms with Gasteiger partial charge >= 0.3 is 0 Å². The van der Waals surface area contributed by atoms with Crippen molar-refractivity contribution in [3.05, 3.63) is 54.1 Å². The molecule has 2 aromatic rings. The van der Waals surface area contributed by atoms with Crippen molar-refractivity contribution in [3.8, 4) is 11.5 Å². The number of anilines is 1. The van der Waals surface area contributed by atoms with Crippen molar-refractivity contribution in [1.82, 2.24) is 5.32 Å². The number of nitrogens with one attached hydrogen (secondary N) is 1. The molecule has 3 rings (SSSR count). The number of methoxy groups -OCH3 is 1. The van der Waals surface area contributed by atoms with Crippen molar-refractivity contribution < 1.29 is 22.7 Å². The van der Waals surface area contributed by atoms with Crippen LogP contribution in [-0.2, 0) is 21.4 Å². The van der Waals surface area contributed by atoms with Gasteiger partial charge in [0.1, 0.15) is 11.5 Å². The van der Waals surface area contributed by atoms with Gasteiger partial charge < -0.3 is 14.8 Å². The molecule has 0 aliphatic carbocycles. The number of hydrogen-bond acceptors (Lipinski definition) is 5. The van der Waals surface area contributed by atoms with E-state index < -0.39 is 16.1 Å². The minimum absolute atomic E-state index is 0.0758. The average Bonchev–Trinajstić information content (AvgIpc) is 2.64. The Bertz CT molecular complexity index is 913. The molecule has 1 aliphatic heterocycles. The summed E-state index contributed by atoms with van der Waals surface area (Å²) in [5.41, 5.74) is 1.25. The van der Waals surface area contributed by atoms with Crippen LogP contribution in [0.2, 0.25) is 0 Å². The number of benzene rings is 2. The predicted molar refractivity (Wildman–Crippen MR) is 97.9 cm³/mol. The number of carbonyl (C=O) groups excluding carboxylic acids is 1. The first-order valence-electron chi connectivity index (χ1n) is 8.03. The van der Waals surface area contributed by atoms with Crippen LogP contribution in [0.3, 0.4) is 0 Å². The largest absolute Gasteiger partial charge is 0.496 e. The zero-order valence-electron chi connectivity index (χ0n) is 14.5. The van der Waals surface area contributed by atoms with E-state index in [2.05, 4.69) is 5.32 Å². The van der Waals surface area contributed by atoms with E-state index in [1.807, 2.05) is 18.2 Å². The quantitative estimate of drug-likeness (QED) is 0.856. The monoisotopic (exact) mass is 376 g/mol. The molecule has 1 heterocycles. The van der Waals surface area contributed by atoms with Crippen LogP contribution in [0.5, 0.6) is 11.5 Å². The zero-order chi connectivity index (χ0) is 18.7. The molecule has 0 saturated carbocycles. The van der Waals surface area contributed by atoms with E-state index in [1.54, 1.807) is 37.4 Å². The van der Waals surface area contributed by atoms with Gasteiger partial charge in [-0.15, -0.1) is 0 Å². The first-order valence-corrected chi connectivity index (χ1v) is 9.88. The lowest BCUT2D eigenvalue weighted by molar-refractivity contribution is -0.127. The molecule has 0 bridgehead atoms. The van der Waals surface area contributed by atoms with Crippen molar-refractivity contribution in [1.29, 1.82) is 0 Å². The molecule has 0 spiro atoms. The fraction of sp³-hybridized carbons (Fsp3) is 0.278. The van der Waals surface area contributed by atoms with Gasteiger partial charge in [0.2, 0.25) is 10.0 Å². The summed E-state index contributed by atoms with van der Waals surface area (Å²) in [6, 6.07) is 14.1. The van der Waals surface area contributed by atoms with Crippen LogP contribution in [-0.4, -0.2) is 40.3 Å². The van der Waals surface area contributed by atoms with Gasteiger partial charge in [-0.3, -0.25) is 9.10 Å². The van der Waals surface area contributed by atoms with Gasteiger partial charge in [-0.05, 0) is 18.2 Å². The van der Waals surface area contributed by atoms with E-state index in [-0.39, 0.29) is 19.0 Å². The molecule has 0 saturated heterocycles. The first kappa shape index (κ1) is 18.1. The third-order valence-electron chi connectivity index (χ3n) is 4.07. The van der Waals surface area contributed by atoms with Crippen LogP contribution in [0, 0.1) is 0 Å². The smallest absolute Gasteiger partial charge is 0.263 e. The Balaban J connectivity index is 1.76. The topological polar surface area (TPSA) is 84.9 Å². The number of para-hydroxylation sites is 3. The fourth-order valence-electron chi connectivity index (χ4n) is 2.80. The predicted octanol–water partition coefficient (Wildman–Crippen LogP) is 1.54. The number of carbonyl (C=O) groups is 1. The van der Waals surface area contributed by atoms with Gasteiger partial charge in [0.25, 0.3) is 5.91 Å². The molecular weight excluding hydrogens is 356 g/mol. The summed E-state index contributed by atoms with van der Waals surface area (Å²) in [5, 5.41) is 2.78. The van der Waals surface area contributed by atoms with Crippen LogP contribution in [0.25, 0.3) is 0 Å². The third-order valence-corrected chi connectivity index (χ3v) is 5.22. The molecule has 1 N–H and O–H groups in total. The Morgan fingerprint density at radius 2 is 1.92 bits per heavy atom. The second-order valence-electron chi connectivity index (χ2n) is 5.90. The van der Waals surface area contributed by atoms with Gasteiger partial charge in [0, 0.05) is 12.1 Å². The summed E-state index contributed by atoms with van der Waals surface area (Å²) >= 11 is 0. The van der Waals surface area contributed by atoms with Crippen molar-refractivity contribution in [2.45, 2.75) is 12.6 Å². The summed E-state index contributed by atoms with van der Waals surface area (Å²) in [7, 11) is -1.97. The molecule has 1 aliphatic rings. The molecule has 1 amide bonds. The highest BCUT2D eigenvalue weighted by Gasteiger charge is 2.34. The maximum Gasteiger partial charge on any atom is 0.263 e. The molecule has 1 atom stereocenters. The van der Waals surface area contributed by atoms with E-state index in [1.165, 1.54) is 4.31 Å². The lowest BCUT2D eigenvalue weighted by Crippen LogP contribution is -2.50. The Hall–Kier alpha value is -2.74. The van der Waals surface area contributed by atoms with Gasteiger partial charge in [-0.2, -0.15) is 0 Å². The van der Waals surface area contributed by atoms with E-state index in [0.29, 0.717) is 17.2 Å². The first-order chi connectivity index (χ1) is 12.4. The van der Waals surface area contributed by atoms with E-state index in [9.17, 15) is 13.2 Å². The van der Waals surface area contributed by atoms with Crippen LogP contribution in [0.1, 0.15) is 5.56 Å². The van der Waals surface area contributed by atoms with E-state index in [0.717, 1.165) is 11.8 Å². The highest BCUT2D eigenvalue weighted by Crippen LogP contribution is 2.34. The number of hydrogen-bond donors (Lipinski definition) is 1. The van der Waals surface area contributed by atoms with Gasteiger partial charge in [-0.1, -0.05) is 30.3 Å². The van der Waals surface area contributed by atoms with Crippen LogP contribution >= 0.6 is 0 Å². The SMILES string of the molecule is COc1ccccc1CNC(=O)[C@H]1CN(S(C)(=O)=O)c2ccccc2O1. The fourth-order valence-corrected chi connectivity index (χ4v) is 3.71. The molecular formula is C18H20N2O5S. The van der Waals surface area contributed by atoms with Crippen LogP contribution < -0.4 is 19.1 Å². The minimum Gasteiger partial charge on any atom is -0.496 e. The molecule has 0 radical (unpaired) electrons. The van der Waals surface area contributed by atoms with Crippen molar-refractivity contribution in [3.63, 3.8) is 0 Å². The number of nitrogens with zero attached hydrogens (tertiary/aromatic N) is 1. The minimum atomic E-state index is -3.53. The van der Waals surface area contributed by atoms with Crippen LogP contribution in [0.15, 0.2) is 48.5 Å². The van der Waals surface area contributed by atoms with Gasteiger partial charge in [0.15, 0.2) is 6.10 Å².